The second-order valence-corrected chi connectivity index (χ2v) is 9.36. The molecule has 0 bridgehead atoms. The average Bonchev–Trinajstić information content (AvgIpc) is 3.05. The van der Waals surface area contributed by atoms with Gasteiger partial charge in [-0.15, -0.1) is 11.3 Å². The predicted molar refractivity (Wildman–Crippen MR) is 107 cm³/mol. The van der Waals surface area contributed by atoms with Crippen LogP contribution in [0.25, 0.3) is 0 Å². The summed E-state index contributed by atoms with van der Waals surface area (Å²) in [5, 5.41) is 2.06. The number of ether oxygens (including phenoxy) is 1. The molecule has 8 heteroatoms. The lowest BCUT2D eigenvalue weighted by Gasteiger charge is -2.06. The van der Waals surface area contributed by atoms with Gasteiger partial charge in [-0.1, -0.05) is 15.9 Å². The molecule has 2 aromatic rings. The summed E-state index contributed by atoms with van der Waals surface area (Å²) in [6.45, 7) is 2.59. The maximum Gasteiger partial charge on any atom is 0.306 e. The van der Waals surface area contributed by atoms with Gasteiger partial charge in [-0.2, -0.15) is 0 Å². The summed E-state index contributed by atoms with van der Waals surface area (Å²) in [6, 6.07) is 8.63. The van der Waals surface area contributed by atoms with E-state index in [-0.39, 0.29) is 10.9 Å². The molecule has 0 aliphatic carbocycles. The molecular weight excluding hydrogens is 438 g/mol. The minimum atomic E-state index is -3.47. The number of rotatable bonds is 10. The van der Waals surface area contributed by atoms with E-state index >= 15 is 0 Å². The quantitative estimate of drug-likeness (QED) is 0.431. The lowest BCUT2D eigenvalue weighted by atomic mass is 10.1. The summed E-state index contributed by atoms with van der Waals surface area (Å²) in [4.78, 5) is 12.8. The van der Waals surface area contributed by atoms with Crippen molar-refractivity contribution in [1.82, 2.24) is 4.72 Å². The maximum absolute atomic E-state index is 12.2. The normalized spacial score (nSPS) is 11.5. The van der Waals surface area contributed by atoms with Crippen molar-refractivity contribution in [2.75, 3.05) is 13.2 Å². The molecular formula is C18H22BrNO4S2. The SMILES string of the molecule is CCOC(=O)CCc1cc(CCCNS(=O)(=O)c2ccc(Br)cc2)cs1. The number of carbonyl (C=O) groups excluding carboxylic acids is 1. The first-order valence-electron chi connectivity index (χ1n) is 8.38. The molecule has 1 aromatic heterocycles. The number of nitrogens with one attached hydrogen (secondary N) is 1. The van der Waals surface area contributed by atoms with Crippen LogP contribution < -0.4 is 4.72 Å². The Morgan fingerprint density at radius 2 is 1.96 bits per heavy atom. The number of hydrogen-bond acceptors (Lipinski definition) is 5. The Bertz CT molecular complexity index is 816. The molecule has 0 amide bonds. The fourth-order valence-corrected chi connectivity index (χ4v) is 4.61. The summed E-state index contributed by atoms with van der Waals surface area (Å²) in [6.07, 6.45) is 2.57. The third-order valence-corrected chi connectivity index (χ3v) is 6.70. The van der Waals surface area contributed by atoms with Crippen LogP contribution in [0.15, 0.2) is 45.1 Å². The van der Waals surface area contributed by atoms with E-state index in [0.717, 1.165) is 21.3 Å². The number of thiophene rings is 1. The van der Waals surface area contributed by atoms with Crippen LogP contribution in [0.3, 0.4) is 0 Å². The summed E-state index contributed by atoms with van der Waals surface area (Å²) in [7, 11) is -3.47. The van der Waals surface area contributed by atoms with E-state index in [2.05, 4.69) is 32.1 Å². The van der Waals surface area contributed by atoms with Crippen LogP contribution in [0.5, 0.6) is 0 Å². The topological polar surface area (TPSA) is 72.5 Å². The van der Waals surface area contributed by atoms with Gasteiger partial charge in [-0.25, -0.2) is 13.1 Å². The molecule has 1 N–H and O–H groups in total. The molecule has 2 rings (SSSR count). The van der Waals surface area contributed by atoms with Gasteiger partial charge in [0.2, 0.25) is 10.0 Å². The fraction of sp³-hybridized carbons (Fsp3) is 0.389. The van der Waals surface area contributed by atoms with Gasteiger partial charge in [0.1, 0.15) is 0 Å². The minimum Gasteiger partial charge on any atom is -0.466 e. The maximum atomic E-state index is 12.2. The van der Waals surface area contributed by atoms with Crippen molar-refractivity contribution in [1.29, 1.82) is 0 Å². The van der Waals surface area contributed by atoms with Gasteiger partial charge < -0.3 is 4.74 Å². The van der Waals surface area contributed by atoms with Gasteiger partial charge in [0.15, 0.2) is 0 Å². The van der Waals surface area contributed by atoms with Crippen LogP contribution in [0.2, 0.25) is 0 Å². The Balaban J connectivity index is 1.74. The molecule has 0 unspecified atom stereocenters. The molecule has 5 nitrogen and oxygen atoms in total. The van der Waals surface area contributed by atoms with Crippen molar-refractivity contribution in [3.63, 3.8) is 0 Å². The molecule has 0 fully saturated rings. The summed E-state index contributed by atoms with van der Waals surface area (Å²) >= 11 is 4.91. The first kappa shape index (κ1) is 21.1. The number of esters is 1. The number of aryl methyl sites for hydroxylation is 2. The second-order valence-electron chi connectivity index (χ2n) is 5.68. The standard InChI is InChI=1S/C18H22BrNO4S2/c1-2-24-18(21)10-7-16-12-14(13-25-16)4-3-11-20-26(22,23)17-8-5-15(19)6-9-17/h5-6,8-9,12-13,20H,2-4,7,10-11H2,1H3. The number of carbonyl (C=O) groups is 1. The Hall–Kier alpha value is -1.22. The zero-order valence-corrected chi connectivity index (χ0v) is 17.8. The van der Waals surface area contributed by atoms with E-state index in [0.29, 0.717) is 32.4 Å². The molecule has 0 atom stereocenters. The Kier molecular flexibility index (Phi) is 8.27. The second kappa shape index (κ2) is 10.2. The van der Waals surface area contributed by atoms with Crippen molar-refractivity contribution < 1.29 is 17.9 Å². The molecule has 0 aliphatic heterocycles. The third-order valence-electron chi connectivity index (χ3n) is 3.65. The molecule has 1 aromatic carbocycles. The van der Waals surface area contributed by atoms with Crippen LogP contribution in [-0.4, -0.2) is 27.5 Å². The van der Waals surface area contributed by atoms with Gasteiger partial charge >= 0.3 is 5.97 Å². The number of hydrogen-bond donors (Lipinski definition) is 1. The smallest absolute Gasteiger partial charge is 0.306 e. The first-order chi connectivity index (χ1) is 12.4. The molecule has 142 valence electrons. The van der Waals surface area contributed by atoms with E-state index in [1.165, 1.54) is 0 Å². The molecule has 0 spiro atoms. The summed E-state index contributed by atoms with van der Waals surface area (Å²) in [5.41, 5.74) is 1.16. The molecule has 1 heterocycles. The van der Waals surface area contributed by atoms with Crippen molar-refractivity contribution >= 4 is 43.3 Å². The average molecular weight is 460 g/mol. The van der Waals surface area contributed by atoms with Crippen LogP contribution >= 0.6 is 27.3 Å². The van der Waals surface area contributed by atoms with Crippen molar-refractivity contribution in [2.45, 2.75) is 37.5 Å². The largest absolute Gasteiger partial charge is 0.466 e. The fourth-order valence-electron chi connectivity index (χ4n) is 2.34. The highest BCUT2D eigenvalue weighted by molar-refractivity contribution is 9.10. The van der Waals surface area contributed by atoms with Crippen molar-refractivity contribution in [2.24, 2.45) is 0 Å². The molecule has 0 aliphatic rings. The number of halogens is 1. The Labute approximate surface area is 167 Å². The Morgan fingerprint density at radius 3 is 2.65 bits per heavy atom. The van der Waals surface area contributed by atoms with Crippen LogP contribution in [0.1, 0.15) is 30.2 Å². The summed E-state index contributed by atoms with van der Waals surface area (Å²) < 4.78 is 32.8. The third kappa shape index (κ3) is 6.83. The molecule has 0 saturated heterocycles. The van der Waals surface area contributed by atoms with E-state index in [9.17, 15) is 13.2 Å². The molecule has 26 heavy (non-hydrogen) atoms. The van der Waals surface area contributed by atoms with Crippen molar-refractivity contribution in [3.8, 4) is 0 Å². The van der Waals surface area contributed by atoms with Gasteiger partial charge in [-0.3, -0.25) is 4.79 Å². The van der Waals surface area contributed by atoms with Gasteiger partial charge in [0.25, 0.3) is 0 Å². The van der Waals surface area contributed by atoms with E-state index in [1.54, 1.807) is 42.5 Å². The zero-order valence-electron chi connectivity index (χ0n) is 14.5. The zero-order chi connectivity index (χ0) is 19.0. The highest BCUT2D eigenvalue weighted by Gasteiger charge is 2.13. The van der Waals surface area contributed by atoms with Crippen molar-refractivity contribution in [3.05, 3.63) is 50.6 Å². The summed E-state index contributed by atoms with van der Waals surface area (Å²) in [5.74, 6) is -0.176. The molecule has 0 radical (unpaired) electrons. The van der Waals surface area contributed by atoms with Gasteiger partial charge in [0.05, 0.1) is 17.9 Å². The highest BCUT2D eigenvalue weighted by Crippen LogP contribution is 2.18. The van der Waals surface area contributed by atoms with E-state index in [1.807, 2.05) is 0 Å². The number of benzene rings is 1. The van der Waals surface area contributed by atoms with Gasteiger partial charge in [0, 0.05) is 15.9 Å². The predicted octanol–water partition coefficient (Wildman–Crippen LogP) is 3.92. The van der Waals surface area contributed by atoms with Gasteiger partial charge in [-0.05, 0) is 67.5 Å². The lowest BCUT2D eigenvalue weighted by molar-refractivity contribution is -0.143. The van der Waals surface area contributed by atoms with Crippen LogP contribution in [0, 0.1) is 0 Å². The van der Waals surface area contributed by atoms with Crippen LogP contribution in [0.4, 0.5) is 0 Å². The first-order valence-corrected chi connectivity index (χ1v) is 11.5. The Morgan fingerprint density at radius 1 is 1.23 bits per heavy atom. The lowest BCUT2D eigenvalue weighted by Crippen LogP contribution is -2.25. The van der Waals surface area contributed by atoms with E-state index in [4.69, 9.17) is 4.74 Å². The van der Waals surface area contributed by atoms with Crippen LogP contribution in [-0.2, 0) is 32.4 Å². The minimum absolute atomic E-state index is 0.176. The number of sulfonamides is 1. The monoisotopic (exact) mass is 459 g/mol. The highest BCUT2D eigenvalue weighted by atomic mass is 79.9. The van der Waals surface area contributed by atoms with E-state index < -0.39 is 10.0 Å². The molecule has 0 saturated carbocycles.